The van der Waals surface area contributed by atoms with Crippen LogP contribution in [-0.4, -0.2) is 18.3 Å². The second-order valence-electron chi connectivity index (χ2n) is 31.4. The fraction of sp³-hybridized carbons (Fsp3) is 0.0566. The van der Waals surface area contributed by atoms with Crippen molar-refractivity contribution in [1.29, 1.82) is 0 Å². The quantitative estimate of drug-likeness (QED) is 0.152. The number of para-hydroxylation sites is 5. The van der Waals surface area contributed by atoms with Gasteiger partial charge in [0.05, 0.1) is 44.1 Å². The first-order chi connectivity index (χ1) is 54.6. The Kier molecular flexibility index (Phi) is 13.7. The molecule has 5 aromatic heterocycles. The van der Waals surface area contributed by atoms with Crippen LogP contribution < -0.4 is 0 Å². The summed E-state index contributed by atoms with van der Waals surface area (Å²) in [6, 6.07) is 135. The van der Waals surface area contributed by atoms with Gasteiger partial charge < -0.3 is 18.3 Å². The van der Waals surface area contributed by atoms with Crippen molar-refractivity contribution >= 4 is 130 Å². The third-order valence-electron chi connectivity index (χ3n) is 24.7. The molecule has 22 aromatic rings. The molecule has 24 rings (SSSR count). The Morgan fingerprint density at radius 1 is 0.216 bits per heavy atom. The van der Waals surface area contributed by atoms with Gasteiger partial charge in [-0.3, -0.25) is 0 Å². The van der Waals surface area contributed by atoms with Gasteiger partial charge in [0.25, 0.3) is 0 Å². The zero-order chi connectivity index (χ0) is 73.5. The summed E-state index contributed by atoms with van der Waals surface area (Å²) < 4.78 is 12.5. The van der Waals surface area contributed by atoms with Crippen LogP contribution in [0.25, 0.3) is 197 Å². The van der Waals surface area contributed by atoms with E-state index in [0.717, 1.165) is 5.69 Å². The zero-order valence-corrected chi connectivity index (χ0v) is 62.7. The van der Waals surface area contributed by atoms with Crippen LogP contribution in [0.2, 0.25) is 0 Å². The number of hydrogen-bond acceptors (Lipinski definition) is 1. The summed E-state index contributed by atoms with van der Waals surface area (Å²) in [4.78, 5) is 0. The molecule has 0 aliphatic heterocycles. The van der Waals surface area contributed by atoms with E-state index in [1.165, 1.54) is 213 Å². The van der Waals surface area contributed by atoms with Crippen molar-refractivity contribution in [3.8, 4) is 78.4 Å². The van der Waals surface area contributed by atoms with Crippen molar-refractivity contribution in [2.24, 2.45) is 0 Å². The first-order valence-corrected chi connectivity index (χ1v) is 39.5. The second-order valence-corrected chi connectivity index (χ2v) is 32.5. The van der Waals surface area contributed by atoms with Crippen LogP contribution in [0.3, 0.4) is 0 Å². The van der Waals surface area contributed by atoms with E-state index in [-0.39, 0.29) is 10.8 Å². The molecule has 2 aliphatic carbocycles. The summed E-state index contributed by atoms with van der Waals surface area (Å²) in [7, 11) is 0. The molecule has 0 saturated carbocycles. The topological polar surface area (TPSA) is 19.7 Å². The van der Waals surface area contributed by atoms with Crippen LogP contribution in [0.4, 0.5) is 0 Å². The Bertz CT molecular complexity index is 7670. The Labute approximate surface area is 646 Å². The predicted molar refractivity (Wildman–Crippen MR) is 472 cm³/mol. The van der Waals surface area contributed by atoms with Crippen LogP contribution in [0.1, 0.15) is 49.9 Å². The normalized spacial score (nSPS) is 13.4. The fourth-order valence-corrected chi connectivity index (χ4v) is 20.8. The lowest BCUT2D eigenvalue weighted by atomic mass is 9.81. The molecule has 4 nitrogen and oxygen atoms in total. The fourth-order valence-electron chi connectivity index (χ4n) is 19.7. The van der Waals surface area contributed by atoms with Gasteiger partial charge in [-0.25, -0.2) is 0 Å². The summed E-state index contributed by atoms with van der Waals surface area (Å²) in [5, 5.41) is 15.4. The lowest BCUT2D eigenvalue weighted by molar-refractivity contribution is 0.664. The van der Waals surface area contributed by atoms with Crippen molar-refractivity contribution in [2.75, 3.05) is 0 Å². The molecule has 111 heavy (non-hydrogen) atoms. The minimum Gasteiger partial charge on any atom is -0.309 e. The van der Waals surface area contributed by atoms with E-state index in [0.29, 0.717) is 0 Å². The number of thiophene rings is 1. The number of benzene rings is 17. The van der Waals surface area contributed by atoms with E-state index in [2.05, 4.69) is 410 Å². The van der Waals surface area contributed by atoms with Gasteiger partial charge in [0.15, 0.2) is 0 Å². The third kappa shape index (κ3) is 9.34. The van der Waals surface area contributed by atoms with Gasteiger partial charge in [-0.15, -0.1) is 11.3 Å². The van der Waals surface area contributed by atoms with Gasteiger partial charge >= 0.3 is 0 Å². The maximum atomic E-state index is 2.53. The highest BCUT2D eigenvalue weighted by atomic mass is 32.1. The molecule has 0 saturated heterocycles. The van der Waals surface area contributed by atoms with Gasteiger partial charge in [0.2, 0.25) is 0 Å². The van der Waals surface area contributed by atoms with Crippen molar-refractivity contribution in [3.05, 3.63) is 386 Å². The maximum Gasteiger partial charge on any atom is 0.0588 e. The number of aromatic nitrogens is 4. The number of fused-ring (bicyclic) bond motifs is 24. The minimum atomic E-state index is -0.187. The number of rotatable bonds is 7. The monoisotopic (exact) mass is 1430 g/mol. The highest BCUT2D eigenvalue weighted by Gasteiger charge is 2.41. The standard InChI is InChI=1S/C57H38N2S.C49H34N2/c1-57(2)49-19-11-9-17-41(49)44-26-27-45-42-25-21-38(34-52(42)59(56(45)55(44)57)40-15-7-4-8-16-40)36-23-29-51-47(32-36)46-31-35(22-28-50(46)58(51)39-13-5-3-6-14-39)37-24-30-54-48(33-37)43-18-10-12-20-53(43)60-54;1-49(2)42-30-32-15-10-9-14-31(32)28-40(42)38-25-26-39-46-36(21-13-23-45(46)51(48(39)47(38)49)35-18-7-4-8-19-35)33-24-27-44-41(29-33)37-20-11-12-22-43(37)50(44)34-16-5-3-6-17-34/h3-34H,1-2H3;3-30H,1-2H3. The molecule has 5 heteroatoms. The molecular formula is C106H72N4S. The van der Waals surface area contributed by atoms with Crippen LogP contribution in [0.5, 0.6) is 0 Å². The summed E-state index contributed by atoms with van der Waals surface area (Å²) in [5.41, 5.74) is 32.6. The van der Waals surface area contributed by atoms with Crippen LogP contribution >= 0.6 is 11.3 Å². The van der Waals surface area contributed by atoms with Gasteiger partial charge in [0.1, 0.15) is 0 Å². The van der Waals surface area contributed by atoms with E-state index >= 15 is 0 Å². The molecule has 0 amide bonds. The molecule has 2 aliphatic rings. The van der Waals surface area contributed by atoms with Gasteiger partial charge in [-0.1, -0.05) is 258 Å². The maximum absolute atomic E-state index is 2.53. The van der Waals surface area contributed by atoms with E-state index in [1.54, 1.807) is 0 Å². The molecule has 0 bridgehead atoms. The summed E-state index contributed by atoms with van der Waals surface area (Å²) in [6.45, 7) is 9.61. The highest BCUT2D eigenvalue weighted by molar-refractivity contribution is 7.25. The third-order valence-corrected chi connectivity index (χ3v) is 25.9. The highest BCUT2D eigenvalue weighted by Crippen LogP contribution is 2.57. The molecule has 0 atom stereocenters. The van der Waals surface area contributed by atoms with E-state index in [9.17, 15) is 0 Å². The Morgan fingerprint density at radius 3 is 1.29 bits per heavy atom. The number of nitrogens with zero attached hydrogens (tertiary/aromatic N) is 4. The summed E-state index contributed by atoms with van der Waals surface area (Å²) >= 11 is 1.87. The molecule has 0 fully saturated rings. The number of hydrogen-bond donors (Lipinski definition) is 0. The Hall–Kier alpha value is -13.6. The predicted octanol–water partition coefficient (Wildman–Crippen LogP) is 28.9. The van der Waals surface area contributed by atoms with Gasteiger partial charge in [0, 0.05) is 96.8 Å². The molecular weight excluding hydrogens is 1360 g/mol. The van der Waals surface area contributed by atoms with Gasteiger partial charge in [-0.2, -0.15) is 0 Å². The Balaban J connectivity index is 0.000000135. The van der Waals surface area contributed by atoms with Crippen LogP contribution in [0, 0.1) is 0 Å². The summed E-state index contributed by atoms with van der Waals surface area (Å²) in [5.74, 6) is 0. The molecule has 0 N–H and O–H groups in total. The molecule has 0 spiro atoms. The second kappa shape index (κ2) is 24.0. The lowest BCUT2D eigenvalue weighted by Gasteiger charge is -2.24. The van der Waals surface area contributed by atoms with Crippen LogP contribution in [0.15, 0.2) is 364 Å². The molecule has 5 heterocycles. The molecule has 17 aromatic carbocycles. The van der Waals surface area contributed by atoms with E-state index < -0.39 is 0 Å². The Morgan fingerprint density at radius 2 is 0.631 bits per heavy atom. The molecule has 0 unspecified atom stereocenters. The molecule has 522 valence electrons. The zero-order valence-electron chi connectivity index (χ0n) is 61.8. The lowest BCUT2D eigenvalue weighted by Crippen LogP contribution is -2.16. The van der Waals surface area contributed by atoms with Crippen LogP contribution in [-0.2, 0) is 10.8 Å². The van der Waals surface area contributed by atoms with Crippen molar-refractivity contribution in [3.63, 3.8) is 0 Å². The van der Waals surface area contributed by atoms with Crippen molar-refractivity contribution in [2.45, 2.75) is 38.5 Å². The average Bonchev–Trinajstić information content (AvgIpc) is 1.54. The van der Waals surface area contributed by atoms with E-state index in [1.807, 2.05) is 11.3 Å². The largest absolute Gasteiger partial charge is 0.309 e. The smallest absolute Gasteiger partial charge is 0.0588 e. The van der Waals surface area contributed by atoms with Gasteiger partial charge in [-0.05, 0) is 222 Å². The van der Waals surface area contributed by atoms with Crippen molar-refractivity contribution < 1.29 is 0 Å². The first-order valence-electron chi connectivity index (χ1n) is 38.7. The SMILES string of the molecule is CC1(C)c2cc3ccccc3cc2-c2ccc3c4c(-c5ccc6c(c5)c5ccccc5n6-c5ccccc5)cccc4n(-c4ccccc4)c3c21.CC1(C)c2ccccc2-c2ccc3c4ccc(-c5ccc6c(c5)c5cc(-c7ccc8sc9ccccc9c8c7)ccc5n6-c5ccccc5)cc4n(-c4ccccc4)c3c21. The molecule has 0 radical (unpaired) electrons. The first kappa shape index (κ1) is 63.5. The average molecular weight is 1430 g/mol. The van der Waals surface area contributed by atoms with Crippen molar-refractivity contribution in [1.82, 2.24) is 18.3 Å². The van der Waals surface area contributed by atoms with E-state index in [4.69, 9.17) is 0 Å². The minimum absolute atomic E-state index is 0.144. The summed E-state index contributed by atoms with van der Waals surface area (Å²) in [6.07, 6.45) is 0.